The first-order valence-corrected chi connectivity index (χ1v) is 9.96. The van der Waals surface area contributed by atoms with Crippen LogP contribution >= 0.6 is 12.2 Å². The number of aromatic hydroxyl groups is 2. The number of carbonyl (C=O) groups is 1. The second kappa shape index (κ2) is 9.00. The van der Waals surface area contributed by atoms with E-state index < -0.39 is 6.09 Å². The van der Waals surface area contributed by atoms with Crippen molar-refractivity contribution in [1.29, 1.82) is 0 Å². The van der Waals surface area contributed by atoms with Crippen LogP contribution in [-0.2, 0) is 11.3 Å². The van der Waals surface area contributed by atoms with E-state index in [2.05, 4.69) is 15.5 Å². The molecular formula is C21H24N4O4S. The maximum atomic E-state index is 11.4. The van der Waals surface area contributed by atoms with Gasteiger partial charge in [0.1, 0.15) is 11.5 Å². The zero-order chi connectivity index (χ0) is 21.8. The SMILES string of the molecule is CCOC(=O)NCc1ccc(-n2c(-c3cc(C(C)C)c(O)cc3O)n[nH]c2=S)cc1. The summed E-state index contributed by atoms with van der Waals surface area (Å²) in [5.41, 5.74) is 2.78. The van der Waals surface area contributed by atoms with Crippen LogP contribution in [0.15, 0.2) is 36.4 Å². The number of benzene rings is 2. The molecule has 158 valence electrons. The predicted molar refractivity (Wildman–Crippen MR) is 115 cm³/mol. The number of ether oxygens (including phenoxy) is 1. The molecular weight excluding hydrogens is 404 g/mol. The maximum Gasteiger partial charge on any atom is 0.407 e. The number of amides is 1. The Morgan fingerprint density at radius 1 is 1.23 bits per heavy atom. The third-order valence-electron chi connectivity index (χ3n) is 4.59. The molecule has 0 aliphatic rings. The number of phenolic OH excluding ortho intramolecular Hbond substituents is 2. The number of phenols is 2. The fourth-order valence-electron chi connectivity index (χ4n) is 3.07. The summed E-state index contributed by atoms with van der Waals surface area (Å²) in [5.74, 6) is 0.426. The van der Waals surface area contributed by atoms with E-state index in [-0.39, 0.29) is 17.4 Å². The Balaban J connectivity index is 1.95. The normalized spacial score (nSPS) is 10.9. The van der Waals surface area contributed by atoms with Crippen LogP contribution < -0.4 is 5.32 Å². The molecule has 4 N–H and O–H groups in total. The zero-order valence-electron chi connectivity index (χ0n) is 17.0. The first kappa shape index (κ1) is 21.4. The minimum Gasteiger partial charge on any atom is -0.508 e. The number of nitrogens with zero attached hydrogens (tertiary/aromatic N) is 2. The highest BCUT2D eigenvalue weighted by Crippen LogP contribution is 2.37. The minimum absolute atomic E-state index is 0.0328. The fourth-order valence-corrected chi connectivity index (χ4v) is 3.31. The van der Waals surface area contributed by atoms with Gasteiger partial charge >= 0.3 is 6.09 Å². The molecule has 0 spiro atoms. The first-order chi connectivity index (χ1) is 14.3. The van der Waals surface area contributed by atoms with Gasteiger partial charge in [0, 0.05) is 18.3 Å². The molecule has 1 heterocycles. The van der Waals surface area contributed by atoms with Gasteiger partial charge in [0.05, 0.1) is 12.2 Å². The van der Waals surface area contributed by atoms with Crippen molar-refractivity contribution < 1.29 is 19.7 Å². The van der Waals surface area contributed by atoms with Gasteiger partial charge in [-0.1, -0.05) is 26.0 Å². The molecule has 0 saturated heterocycles. The quantitative estimate of drug-likeness (QED) is 0.434. The van der Waals surface area contributed by atoms with Gasteiger partial charge < -0.3 is 20.3 Å². The average molecular weight is 429 g/mol. The van der Waals surface area contributed by atoms with Crippen LogP contribution in [0.1, 0.15) is 37.8 Å². The first-order valence-electron chi connectivity index (χ1n) is 9.55. The Bertz CT molecular complexity index is 1100. The third kappa shape index (κ3) is 4.46. The Morgan fingerprint density at radius 3 is 2.57 bits per heavy atom. The second-order valence-electron chi connectivity index (χ2n) is 7.01. The Kier molecular flexibility index (Phi) is 6.41. The van der Waals surface area contributed by atoms with Crippen molar-refractivity contribution in [2.75, 3.05) is 6.61 Å². The number of aromatic amines is 1. The number of H-pyrrole nitrogens is 1. The van der Waals surface area contributed by atoms with E-state index >= 15 is 0 Å². The highest BCUT2D eigenvalue weighted by atomic mass is 32.1. The lowest BCUT2D eigenvalue weighted by Crippen LogP contribution is -2.23. The van der Waals surface area contributed by atoms with Crippen LogP contribution in [-0.4, -0.2) is 37.7 Å². The smallest absolute Gasteiger partial charge is 0.407 e. The standard InChI is InChI=1S/C21H24N4O4S/c1-4-29-21(28)22-11-13-5-7-14(8-6-13)25-19(23-24-20(25)30)16-9-15(12(2)3)17(26)10-18(16)27/h5-10,12,26-27H,4,11H2,1-3H3,(H,22,28)(H,24,30). The van der Waals surface area contributed by atoms with Crippen molar-refractivity contribution in [3.05, 3.63) is 52.3 Å². The summed E-state index contributed by atoms with van der Waals surface area (Å²) in [6.45, 7) is 6.30. The van der Waals surface area contributed by atoms with Gasteiger partial charge in [-0.2, -0.15) is 5.10 Å². The van der Waals surface area contributed by atoms with Crippen molar-refractivity contribution in [3.8, 4) is 28.6 Å². The molecule has 3 rings (SSSR count). The Morgan fingerprint density at radius 2 is 1.93 bits per heavy atom. The third-order valence-corrected chi connectivity index (χ3v) is 4.86. The van der Waals surface area contributed by atoms with Gasteiger partial charge in [0.15, 0.2) is 10.6 Å². The summed E-state index contributed by atoms with van der Waals surface area (Å²) < 4.78 is 6.92. The Labute approximate surface area is 179 Å². The minimum atomic E-state index is -0.468. The van der Waals surface area contributed by atoms with E-state index in [1.54, 1.807) is 17.6 Å². The molecule has 9 heteroatoms. The molecule has 0 aliphatic carbocycles. The topological polar surface area (TPSA) is 112 Å². The van der Waals surface area contributed by atoms with E-state index in [9.17, 15) is 15.0 Å². The van der Waals surface area contributed by atoms with Gasteiger partial charge in [0.2, 0.25) is 0 Å². The molecule has 30 heavy (non-hydrogen) atoms. The van der Waals surface area contributed by atoms with E-state index in [4.69, 9.17) is 17.0 Å². The Hall–Kier alpha value is -3.33. The summed E-state index contributed by atoms with van der Waals surface area (Å²) in [5, 5.41) is 30.3. The average Bonchev–Trinajstić information content (AvgIpc) is 3.08. The van der Waals surface area contributed by atoms with Crippen molar-refractivity contribution >= 4 is 18.3 Å². The molecule has 0 fully saturated rings. The molecule has 1 amide bonds. The van der Waals surface area contributed by atoms with Gasteiger partial charge in [-0.15, -0.1) is 0 Å². The summed E-state index contributed by atoms with van der Waals surface area (Å²) in [6, 6.07) is 10.4. The lowest BCUT2D eigenvalue weighted by Gasteiger charge is -2.14. The van der Waals surface area contributed by atoms with Crippen LogP contribution in [0.2, 0.25) is 0 Å². The van der Waals surface area contributed by atoms with E-state index in [1.807, 2.05) is 38.1 Å². The fraction of sp³-hybridized carbons (Fsp3) is 0.286. The van der Waals surface area contributed by atoms with E-state index in [0.29, 0.717) is 34.9 Å². The molecule has 0 bridgehead atoms. The van der Waals surface area contributed by atoms with Gasteiger partial charge in [-0.05, 0) is 54.4 Å². The lowest BCUT2D eigenvalue weighted by molar-refractivity contribution is 0.151. The zero-order valence-corrected chi connectivity index (χ0v) is 17.8. The number of rotatable bonds is 6. The van der Waals surface area contributed by atoms with Gasteiger partial charge in [-0.3, -0.25) is 9.67 Å². The van der Waals surface area contributed by atoms with Crippen molar-refractivity contribution in [2.45, 2.75) is 33.2 Å². The summed E-state index contributed by atoms with van der Waals surface area (Å²) in [6.07, 6.45) is -0.468. The molecule has 3 aromatic rings. The van der Waals surface area contributed by atoms with Gasteiger partial charge in [0.25, 0.3) is 0 Å². The number of carbonyl (C=O) groups excluding carboxylic acids is 1. The van der Waals surface area contributed by atoms with Crippen LogP contribution in [0.4, 0.5) is 4.79 Å². The van der Waals surface area contributed by atoms with Crippen LogP contribution in [0.5, 0.6) is 11.5 Å². The lowest BCUT2D eigenvalue weighted by atomic mass is 9.98. The summed E-state index contributed by atoms with van der Waals surface area (Å²) >= 11 is 5.40. The number of hydrogen-bond donors (Lipinski definition) is 4. The number of aromatic nitrogens is 3. The molecule has 0 unspecified atom stereocenters. The molecule has 2 aromatic carbocycles. The molecule has 0 atom stereocenters. The summed E-state index contributed by atoms with van der Waals surface area (Å²) in [7, 11) is 0. The number of nitrogens with one attached hydrogen (secondary N) is 2. The molecule has 0 saturated carbocycles. The largest absolute Gasteiger partial charge is 0.508 e. The monoisotopic (exact) mass is 428 g/mol. The number of alkyl carbamates (subject to hydrolysis) is 1. The van der Waals surface area contributed by atoms with Crippen molar-refractivity contribution in [2.24, 2.45) is 0 Å². The van der Waals surface area contributed by atoms with Crippen LogP contribution in [0.3, 0.4) is 0 Å². The molecule has 1 aromatic heterocycles. The van der Waals surface area contributed by atoms with Gasteiger partial charge in [-0.25, -0.2) is 4.79 Å². The van der Waals surface area contributed by atoms with Crippen LogP contribution in [0, 0.1) is 4.77 Å². The van der Waals surface area contributed by atoms with Crippen molar-refractivity contribution in [3.63, 3.8) is 0 Å². The van der Waals surface area contributed by atoms with E-state index in [0.717, 1.165) is 11.3 Å². The molecule has 0 radical (unpaired) electrons. The van der Waals surface area contributed by atoms with Crippen LogP contribution in [0.25, 0.3) is 17.1 Å². The highest BCUT2D eigenvalue weighted by molar-refractivity contribution is 7.71. The molecule has 8 nitrogen and oxygen atoms in total. The van der Waals surface area contributed by atoms with Crippen molar-refractivity contribution in [1.82, 2.24) is 20.1 Å². The molecule has 0 aliphatic heterocycles. The number of hydrogen-bond acceptors (Lipinski definition) is 6. The highest BCUT2D eigenvalue weighted by Gasteiger charge is 2.18. The van der Waals surface area contributed by atoms with E-state index in [1.165, 1.54) is 6.07 Å². The second-order valence-corrected chi connectivity index (χ2v) is 7.40. The maximum absolute atomic E-state index is 11.4. The predicted octanol–water partition coefficient (Wildman–Crippen LogP) is 4.38. The summed E-state index contributed by atoms with van der Waals surface area (Å²) in [4.78, 5) is 11.4.